The van der Waals surface area contributed by atoms with E-state index in [0.717, 1.165) is 13.1 Å². The Morgan fingerprint density at radius 2 is 1.80 bits per heavy atom. The Balaban J connectivity index is 2.18. The van der Waals surface area contributed by atoms with E-state index in [1.54, 1.807) is 0 Å². The van der Waals surface area contributed by atoms with Crippen LogP contribution in [0.15, 0.2) is 41.5 Å². The minimum Gasteiger partial charge on any atom is -0.357 e. The van der Waals surface area contributed by atoms with Crippen molar-refractivity contribution in [1.82, 2.24) is 25.3 Å². The molecule has 2 N–H and O–H groups in total. The summed E-state index contributed by atoms with van der Waals surface area (Å²) in [6, 6.07) is 10.3. The molecular weight excluding hydrogens is 393 g/mol. The number of aliphatic imine (C=N–C) groups is 1. The van der Waals surface area contributed by atoms with Crippen molar-refractivity contribution < 1.29 is 13.2 Å². The lowest BCUT2D eigenvalue weighted by Gasteiger charge is -2.30. The number of hydrogen-bond donors (Lipinski definition) is 2. The van der Waals surface area contributed by atoms with Gasteiger partial charge in [0.2, 0.25) is 0 Å². The van der Waals surface area contributed by atoms with Gasteiger partial charge in [0.25, 0.3) is 0 Å². The fraction of sp³-hybridized carbons (Fsp3) is 0.524. The smallest absolute Gasteiger partial charge is 0.357 e. The number of rotatable bonds is 9. The van der Waals surface area contributed by atoms with E-state index in [1.807, 2.05) is 25.1 Å². The van der Waals surface area contributed by atoms with Gasteiger partial charge in [0, 0.05) is 31.9 Å². The standard InChI is InChI=1S/C21H31F3N6/c1-5-25-20(26-13-17-15-29(4)28-19(17)21(22,23)24)27-14-18(30(6-2)7-3)16-11-9-8-10-12-16/h8-12,15,18H,5-7,13-14H2,1-4H3,(H2,25,26,27). The molecule has 6 nitrogen and oxygen atoms in total. The van der Waals surface area contributed by atoms with Crippen LogP contribution in [-0.2, 0) is 19.8 Å². The maximum Gasteiger partial charge on any atom is 0.435 e. The molecular formula is C21H31F3N6. The molecule has 0 aliphatic carbocycles. The minimum atomic E-state index is -4.50. The molecule has 1 aromatic heterocycles. The lowest BCUT2D eigenvalue weighted by Crippen LogP contribution is -2.43. The van der Waals surface area contributed by atoms with E-state index in [2.05, 4.69) is 51.6 Å². The van der Waals surface area contributed by atoms with Crippen molar-refractivity contribution in [3.8, 4) is 0 Å². The summed E-state index contributed by atoms with van der Waals surface area (Å²) in [5.41, 5.74) is 0.330. The second-order valence-electron chi connectivity index (χ2n) is 6.90. The van der Waals surface area contributed by atoms with Crippen LogP contribution in [0.3, 0.4) is 0 Å². The zero-order chi connectivity index (χ0) is 22.1. The van der Waals surface area contributed by atoms with Crippen molar-refractivity contribution in [2.75, 3.05) is 26.2 Å². The zero-order valence-electron chi connectivity index (χ0n) is 18.0. The van der Waals surface area contributed by atoms with Gasteiger partial charge in [0.15, 0.2) is 11.7 Å². The number of nitrogens with one attached hydrogen (secondary N) is 2. The number of guanidine groups is 1. The Morgan fingerprint density at radius 3 is 2.37 bits per heavy atom. The summed E-state index contributed by atoms with van der Waals surface area (Å²) in [5, 5.41) is 9.94. The SMILES string of the molecule is CCNC(=NCc1cn(C)nc1C(F)(F)F)NCC(c1ccccc1)N(CC)CC. The Labute approximate surface area is 176 Å². The number of hydrogen-bond acceptors (Lipinski definition) is 3. The molecule has 0 aliphatic rings. The largest absolute Gasteiger partial charge is 0.435 e. The number of alkyl halides is 3. The molecule has 166 valence electrons. The maximum atomic E-state index is 13.2. The number of halogens is 3. The van der Waals surface area contributed by atoms with Crippen molar-refractivity contribution in [3.05, 3.63) is 53.3 Å². The Morgan fingerprint density at radius 1 is 1.13 bits per heavy atom. The number of aryl methyl sites for hydroxylation is 1. The van der Waals surface area contributed by atoms with Crippen LogP contribution >= 0.6 is 0 Å². The highest BCUT2D eigenvalue weighted by molar-refractivity contribution is 5.79. The average molecular weight is 425 g/mol. The third-order valence-corrected chi connectivity index (χ3v) is 4.83. The molecule has 0 fully saturated rings. The summed E-state index contributed by atoms with van der Waals surface area (Å²) in [6.07, 6.45) is -3.14. The first kappa shape index (κ1) is 23.7. The average Bonchev–Trinajstić information content (AvgIpc) is 3.11. The highest BCUT2D eigenvalue weighted by Gasteiger charge is 2.36. The highest BCUT2D eigenvalue weighted by atomic mass is 19.4. The molecule has 30 heavy (non-hydrogen) atoms. The van der Waals surface area contributed by atoms with Gasteiger partial charge in [-0.3, -0.25) is 9.58 Å². The number of benzene rings is 1. The van der Waals surface area contributed by atoms with E-state index in [4.69, 9.17) is 0 Å². The van der Waals surface area contributed by atoms with Crippen molar-refractivity contribution >= 4 is 5.96 Å². The Bertz CT molecular complexity index is 797. The molecule has 1 unspecified atom stereocenters. The lowest BCUT2D eigenvalue weighted by atomic mass is 10.1. The quantitative estimate of drug-likeness (QED) is 0.477. The Kier molecular flexibility index (Phi) is 8.71. The van der Waals surface area contributed by atoms with E-state index < -0.39 is 11.9 Å². The van der Waals surface area contributed by atoms with Crippen molar-refractivity contribution in [2.45, 2.75) is 39.5 Å². The molecule has 0 saturated heterocycles. The first-order chi connectivity index (χ1) is 14.3. The second kappa shape index (κ2) is 11.0. The van der Waals surface area contributed by atoms with Crippen LogP contribution in [-0.4, -0.2) is 46.8 Å². The molecule has 2 aromatic rings. The molecule has 0 radical (unpaired) electrons. The maximum absolute atomic E-state index is 13.2. The van der Waals surface area contributed by atoms with E-state index in [1.165, 1.54) is 23.5 Å². The van der Waals surface area contributed by atoms with Crippen molar-refractivity contribution in [1.29, 1.82) is 0 Å². The van der Waals surface area contributed by atoms with Gasteiger partial charge in [-0.1, -0.05) is 44.2 Å². The van der Waals surface area contributed by atoms with Gasteiger partial charge < -0.3 is 10.6 Å². The molecule has 0 saturated carbocycles. The zero-order valence-corrected chi connectivity index (χ0v) is 18.0. The van der Waals surface area contributed by atoms with E-state index in [0.29, 0.717) is 19.0 Å². The van der Waals surface area contributed by atoms with Gasteiger partial charge in [-0.25, -0.2) is 4.99 Å². The predicted octanol–water partition coefficient (Wildman–Crippen LogP) is 3.58. The molecule has 9 heteroatoms. The van der Waals surface area contributed by atoms with Gasteiger partial charge >= 0.3 is 6.18 Å². The predicted molar refractivity (Wildman–Crippen MR) is 113 cm³/mol. The number of aromatic nitrogens is 2. The molecule has 1 atom stereocenters. The van der Waals surface area contributed by atoms with Gasteiger partial charge in [0.05, 0.1) is 12.6 Å². The van der Waals surface area contributed by atoms with Gasteiger partial charge in [-0.2, -0.15) is 18.3 Å². The molecule has 2 rings (SSSR count). The summed E-state index contributed by atoms with van der Waals surface area (Å²) >= 11 is 0. The second-order valence-corrected chi connectivity index (χ2v) is 6.90. The van der Waals surface area contributed by atoms with Crippen LogP contribution in [0, 0.1) is 0 Å². The summed E-state index contributed by atoms with van der Waals surface area (Å²) in [5.74, 6) is 0.475. The number of likely N-dealkylation sites (N-methyl/N-ethyl adjacent to an activating group) is 1. The molecule has 1 heterocycles. The van der Waals surface area contributed by atoms with Gasteiger partial charge in [-0.05, 0) is 25.6 Å². The van der Waals surface area contributed by atoms with Crippen molar-refractivity contribution in [2.24, 2.45) is 12.0 Å². The fourth-order valence-electron chi connectivity index (χ4n) is 3.39. The van der Waals surface area contributed by atoms with E-state index in [9.17, 15) is 13.2 Å². The summed E-state index contributed by atoms with van der Waals surface area (Å²) in [6.45, 7) is 8.98. The van der Waals surface area contributed by atoms with E-state index in [-0.39, 0.29) is 18.2 Å². The van der Waals surface area contributed by atoms with Crippen LogP contribution in [0.1, 0.15) is 43.6 Å². The summed E-state index contributed by atoms with van der Waals surface area (Å²) in [7, 11) is 1.47. The normalized spacial score (nSPS) is 13.5. The topological polar surface area (TPSA) is 57.5 Å². The first-order valence-corrected chi connectivity index (χ1v) is 10.2. The first-order valence-electron chi connectivity index (χ1n) is 10.2. The molecule has 0 bridgehead atoms. The van der Waals surface area contributed by atoms with Gasteiger partial charge in [-0.15, -0.1) is 0 Å². The lowest BCUT2D eigenvalue weighted by molar-refractivity contribution is -0.142. The van der Waals surface area contributed by atoms with E-state index >= 15 is 0 Å². The molecule has 0 spiro atoms. The highest BCUT2D eigenvalue weighted by Crippen LogP contribution is 2.30. The minimum absolute atomic E-state index is 0.0468. The molecule has 0 amide bonds. The number of nitrogens with zero attached hydrogens (tertiary/aromatic N) is 4. The third kappa shape index (κ3) is 6.48. The third-order valence-electron chi connectivity index (χ3n) is 4.83. The van der Waals surface area contributed by atoms with Gasteiger partial charge in [0.1, 0.15) is 0 Å². The van der Waals surface area contributed by atoms with Crippen LogP contribution in [0.25, 0.3) is 0 Å². The van der Waals surface area contributed by atoms with Crippen LogP contribution in [0.4, 0.5) is 13.2 Å². The van der Waals surface area contributed by atoms with Crippen LogP contribution in [0.2, 0.25) is 0 Å². The Hall–Kier alpha value is -2.55. The fourth-order valence-corrected chi connectivity index (χ4v) is 3.39. The molecule has 0 aliphatic heterocycles. The van der Waals surface area contributed by atoms with Crippen molar-refractivity contribution in [3.63, 3.8) is 0 Å². The monoisotopic (exact) mass is 424 g/mol. The summed E-state index contributed by atoms with van der Waals surface area (Å²) in [4.78, 5) is 6.70. The summed E-state index contributed by atoms with van der Waals surface area (Å²) < 4.78 is 40.7. The van der Waals surface area contributed by atoms with Crippen LogP contribution < -0.4 is 10.6 Å². The molecule has 1 aromatic carbocycles. The van der Waals surface area contributed by atoms with Crippen LogP contribution in [0.5, 0.6) is 0 Å².